The first-order chi connectivity index (χ1) is 11.1. The Labute approximate surface area is 138 Å². The molecule has 0 spiro atoms. The number of carbonyl (C=O) groups is 1. The van der Waals surface area contributed by atoms with Gasteiger partial charge >= 0.3 is 0 Å². The predicted octanol–water partition coefficient (Wildman–Crippen LogP) is 3.13. The molecule has 5 nitrogen and oxygen atoms in total. The van der Waals surface area contributed by atoms with Gasteiger partial charge in [0.25, 0.3) is 0 Å². The maximum Gasteiger partial charge on any atom is 0.244 e. The lowest BCUT2D eigenvalue weighted by Crippen LogP contribution is -2.20. The molecule has 3 rings (SSSR count). The van der Waals surface area contributed by atoms with Gasteiger partial charge in [0.1, 0.15) is 19.0 Å². The molecular weight excluding hydrogens is 314 g/mol. The van der Waals surface area contributed by atoms with Crippen molar-refractivity contribution in [3.05, 3.63) is 58.9 Å². The SMILES string of the molecule is Cc1cc(Cl)ccc1NC(=O)Cn1c(CO)nc2ccccc21. The summed E-state index contributed by atoms with van der Waals surface area (Å²) in [6.07, 6.45) is 0. The maximum absolute atomic E-state index is 12.4. The normalized spacial score (nSPS) is 10.9. The van der Waals surface area contributed by atoms with Crippen molar-refractivity contribution in [1.29, 1.82) is 0 Å². The van der Waals surface area contributed by atoms with E-state index in [-0.39, 0.29) is 19.1 Å². The molecule has 3 aromatic rings. The van der Waals surface area contributed by atoms with Gasteiger partial charge in [-0.25, -0.2) is 4.98 Å². The first-order valence-electron chi connectivity index (χ1n) is 7.19. The second-order valence-electron chi connectivity index (χ2n) is 5.27. The molecule has 6 heteroatoms. The molecule has 0 bridgehead atoms. The van der Waals surface area contributed by atoms with Gasteiger partial charge in [-0.05, 0) is 42.8 Å². The number of halogens is 1. The van der Waals surface area contributed by atoms with Crippen LogP contribution in [0.15, 0.2) is 42.5 Å². The van der Waals surface area contributed by atoms with Crippen LogP contribution in [-0.4, -0.2) is 20.6 Å². The first-order valence-corrected chi connectivity index (χ1v) is 7.57. The van der Waals surface area contributed by atoms with Crippen molar-refractivity contribution in [1.82, 2.24) is 9.55 Å². The molecule has 0 aliphatic carbocycles. The van der Waals surface area contributed by atoms with E-state index in [0.29, 0.717) is 10.8 Å². The molecule has 0 radical (unpaired) electrons. The predicted molar refractivity (Wildman–Crippen MR) is 90.5 cm³/mol. The smallest absolute Gasteiger partial charge is 0.244 e. The van der Waals surface area contributed by atoms with E-state index in [1.807, 2.05) is 31.2 Å². The van der Waals surface area contributed by atoms with Crippen molar-refractivity contribution in [2.75, 3.05) is 5.32 Å². The first kappa shape index (κ1) is 15.5. The zero-order chi connectivity index (χ0) is 16.4. The van der Waals surface area contributed by atoms with Gasteiger partial charge in [0, 0.05) is 10.7 Å². The number of rotatable bonds is 4. The molecule has 23 heavy (non-hydrogen) atoms. The number of para-hydroxylation sites is 2. The summed E-state index contributed by atoms with van der Waals surface area (Å²) in [6, 6.07) is 12.8. The van der Waals surface area contributed by atoms with E-state index in [4.69, 9.17) is 11.6 Å². The number of aromatic nitrogens is 2. The minimum absolute atomic E-state index is 0.0818. The number of anilines is 1. The third kappa shape index (κ3) is 3.21. The molecule has 1 heterocycles. The molecule has 0 aliphatic rings. The topological polar surface area (TPSA) is 67.2 Å². The minimum atomic E-state index is -0.220. The monoisotopic (exact) mass is 329 g/mol. The summed E-state index contributed by atoms with van der Waals surface area (Å²) in [5, 5.41) is 13.0. The van der Waals surface area contributed by atoms with Crippen molar-refractivity contribution in [2.24, 2.45) is 0 Å². The summed E-state index contributed by atoms with van der Waals surface area (Å²) >= 11 is 5.92. The Morgan fingerprint density at radius 1 is 1.30 bits per heavy atom. The number of nitrogens with one attached hydrogen (secondary N) is 1. The van der Waals surface area contributed by atoms with Gasteiger partial charge in [0.05, 0.1) is 11.0 Å². The van der Waals surface area contributed by atoms with Gasteiger partial charge in [-0.1, -0.05) is 23.7 Å². The van der Waals surface area contributed by atoms with Gasteiger partial charge in [0.15, 0.2) is 0 Å². The van der Waals surface area contributed by atoms with E-state index in [1.165, 1.54) is 0 Å². The third-order valence-corrected chi connectivity index (χ3v) is 3.87. The molecule has 0 atom stereocenters. The van der Waals surface area contributed by atoms with Crippen LogP contribution in [0.5, 0.6) is 0 Å². The number of amides is 1. The van der Waals surface area contributed by atoms with Crippen molar-refractivity contribution >= 4 is 34.2 Å². The van der Waals surface area contributed by atoms with E-state index in [1.54, 1.807) is 22.8 Å². The van der Waals surface area contributed by atoms with Crippen LogP contribution < -0.4 is 5.32 Å². The lowest BCUT2D eigenvalue weighted by atomic mass is 10.2. The van der Waals surface area contributed by atoms with Gasteiger partial charge in [-0.2, -0.15) is 0 Å². The Morgan fingerprint density at radius 2 is 2.09 bits per heavy atom. The molecule has 0 unspecified atom stereocenters. The molecular formula is C17H16ClN3O2. The Hall–Kier alpha value is -2.37. The van der Waals surface area contributed by atoms with Crippen LogP contribution in [0.3, 0.4) is 0 Å². The average molecular weight is 330 g/mol. The fourth-order valence-electron chi connectivity index (χ4n) is 2.52. The fraction of sp³-hybridized carbons (Fsp3) is 0.176. The molecule has 118 valence electrons. The van der Waals surface area contributed by atoms with Crippen LogP contribution in [0.4, 0.5) is 5.69 Å². The highest BCUT2D eigenvalue weighted by Crippen LogP contribution is 2.20. The van der Waals surface area contributed by atoms with Gasteiger partial charge < -0.3 is 15.0 Å². The minimum Gasteiger partial charge on any atom is -0.388 e. The van der Waals surface area contributed by atoms with Crippen LogP contribution in [0.1, 0.15) is 11.4 Å². The van der Waals surface area contributed by atoms with Crippen LogP contribution in [0, 0.1) is 6.92 Å². The van der Waals surface area contributed by atoms with E-state index in [2.05, 4.69) is 10.3 Å². The third-order valence-electron chi connectivity index (χ3n) is 3.64. The number of fused-ring (bicyclic) bond motifs is 1. The van der Waals surface area contributed by atoms with Gasteiger partial charge in [-0.3, -0.25) is 4.79 Å². The zero-order valence-electron chi connectivity index (χ0n) is 12.6. The van der Waals surface area contributed by atoms with E-state index in [0.717, 1.165) is 22.3 Å². The molecule has 1 aromatic heterocycles. The molecule has 2 N–H and O–H groups in total. The second-order valence-corrected chi connectivity index (χ2v) is 5.70. The standard InChI is InChI=1S/C17H16ClN3O2/c1-11-8-12(18)6-7-13(11)20-17(23)9-21-15-5-3-2-4-14(15)19-16(21)10-22/h2-8,22H,9-10H2,1H3,(H,20,23). The number of imidazole rings is 1. The van der Waals surface area contributed by atoms with E-state index in [9.17, 15) is 9.90 Å². The van der Waals surface area contributed by atoms with Crippen LogP contribution >= 0.6 is 11.6 Å². The highest BCUT2D eigenvalue weighted by atomic mass is 35.5. The fourth-order valence-corrected chi connectivity index (χ4v) is 2.75. The van der Waals surface area contributed by atoms with Crippen LogP contribution in [-0.2, 0) is 17.9 Å². The van der Waals surface area contributed by atoms with E-state index >= 15 is 0 Å². The van der Waals surface area contributed by atoms with Crippen molar-refractivity contribution in [2.45, 2.75) is 20.1 Å². The largest absolute Gasteiger partial charge is 0.388 e. The van der Waals surface area contributed by atoms with Crippen molar-refractivity contribution in [3.8, 4) is 0 Å². The summed E-state index contributed by atoms with van der Waals surface area (Å²) in [7, 11) is 0. The zero-order valence-corrected chi connectivity index (χ0v) is 13.3. The van der Waals surface area contributed by atoms with Crippen molar-refractivity contribution < 1.29 is 9.90 Å². The Bertz CT molecular complexity index is 873. The number of benzene rings is 2. The van der Waals surface area contributed by atoms with Crippen LogP contribution in [0.2, 0.25) is 5.02 Å². The number of hydrogen-bond acceptors (Lipinski definition) is 3. The highest BCUT2D eigenvalue weighted by molar-refractivity contribution is 6.30. The lowest BCUT2D eigenvalue weighted by Gasteiger charge is -2.11. The quantitative estimate of drug-likeness (QED) is 0.772. The van der Waals surface area contributed by atoms with Gasteiger partial charge in [0.2, 0.25) is 5.91 Å². The molecule has 2 aromatic carbocycles. The number of aryl methyl sites for hydroxylation is 1. The number of nitrogens with zero attached hydrogens (tertiary/aromatic N) is 2. The lowest BCUT2D eigenvalue weighted by molar-refractivity contribution is -0.116. The van der Waals surface area contributed by atoms with Gasteiger partial charge in [-0.15, -0.1) is 0 Å². The van der Waals surface area contributed by atoms with E-state index < -0.39 is 0 Å². The second kappa shape index (κ2) is 6.40. The summed E-state index contributed by atoms with van der Waals surface area (Å²) in [5.74, 6) is 0.280. The summed E-state index contributed by atoms with van der Waals surface area (Å²) < 4.78 is 1.72. The number of aliphatic hydroxyl groups is 1. The molecule has 0 saturated carbocycles. The molecule has 0 saturated heterocycles. The molecule has 0 fully saturated rings. The Balaban J connectivity index is 1.85. The molecule has 1 amide bonds. The number of carbonyl (C=O) groups excluding carboxylic acids is 1. The van der Waals surface area contributed by atoms with Crippen molar-refractivity contribution in [3.63, 3.8) is 0 Å². The number of aliphatic hydroxyl groups excluding tert-OH is 1. The summed E-state index contributed by atoms with van der Waals surface area (Å²) in [4.78, 5) is 16.7. The van der Waals surface area contributed by atoms with Crippen LogP contribution in [0.25, 0.3) is 11.0 Å². The summed E-state index contributed by atoms with van der Waals surface area (Å²) in [6.45, 7) is 1.74. The maximum atomic E-state index is 12.4. The Kier molecular flexibility index (Phi) is 4.32. The summed E-state index contributed by atoms with van der Waals surface area (Å²) in [5.41, 5.74) is 3.18. The molecule has 0 aliphatic heterocycles. The Morgan fingerprint density at radius 3 is 2.83 bits per heavy atom. The number of hydrogen-bond donors (Lipinski definition) is 2. The highest BCUT2D eigenvalue weighted by Gasteiger charge is 2.13. The average Bonchev–Trinajstić information content (AvgIpc) is 2.88.